The van der Waals surface area contributed by atoms with Crippen LogP contribution in [0.15, 0.2) is 42.5 Å². The first-order valence-corrected chi connectivity index (χ1v) is 8.46. The third-order valence-corrected chi connectivity index (χ3v) is 4.13. The molecular formula is C20H23NO4. The van der Waals surface area contributed by atoms with Crippen molar-refractivity contribution in [3.05, 3.63) is 53.6 Å². The van der Waals surface area contributed by atoms with Crippen LogP contribution in [0.2, 0.25) is 0 Å². The second-order valence-corrected chi connectivity index (χ2v) is 6.21. The van der Waals surface area contributed by atoms with Crippen molar-refractivity contribution < 1.29 is 19.0 Å². The summed E-state index contributed by atoms with van der Waals surface area (Å²) >= 11 is 0. The van der Waals surface area contributed by atoms with Crippen molar-refractivity contribution in [2.75, 3.05) is 13.2 Å². The lowest BCUT2D eigenvalue weighted by molar-refractivity contribution is -0.127. The van der Waals surface area contributed by atoms with Gasteiger partial charge in [0.05, 0.1) is 6.04 Å². The second-order valence-electron chi connectivity index (χ2n) is 6.21. The molecule has 5 nitrogen and oxygen atoms in total. The molecule has 0 unspecified atom stereocenters. The molecule has 0 fully saturated rings. The summed E-state index contributed by atoms with van der Waals surface area (Å²) in [5.74, 6) is 1.97. The van der Waals surface area contributed by atoms with Crippen LogP contribution in [-0.4, -0.2) is 25.2 Å². The van der Waals surface area contributed by atoms with Crippen molar-refractivity contribution in [3.8, 4) is 17.2 Å². The molecule has 0 radical (unpaired) electrons. The zero-order valence-corrected chi connectivity index (χ0v) is 14.7. The van der Waals surface area contributed by atoms with Crippen LogP contribution in [0.25, 0.3) is 0 Å². The number of carbonyl (C=O) groups excluding carboxylic acids is 1. The highest BCUT2D eigenvalue weighted by atomic mass is 16.6. The van der Waals surface area contributed by atoms with Gasteiger partial charge in [-0.05, 0) is 50.6 Å². The number of ether oxygens (including phenoxy) is 3. The Labute approximate surface area is 147 Å². The number of fused-ring (bicyclic) bond motifs is 1. The van der Waals surface area contributed by atoms with E-state index in [1.165, 1.54) is 0 Å². The Morgan fingerprint density at radius 1 is 1.04 bits per heavy atom. The van der Waals surface area contributed by atoms with Crippen LogP contribution in [0.3, 0.4) is 0 Å². The standard InChI is InChI=1S/C20H23NO4/c1-13-4-7-17(8-5-13)25-15(3)20(22)21-14(2)16-6-9-18-19(12-16)24-11-10-23-18/h4-9,12,14-15H,10-11H2,1-3H3,(H,21,22)/t14-,15+/m1/s1. The molecule has 3 rings (SSSR count). The van der Waals surface area contributed by atoms with Gasteiger partial charge in [-0.1, -0.05) is 23.8 Å². The summed E-state index contributed by atoms with van der Waals surface area (Å²) in [7, 11) is 0. The Morgan fingerprint density at radius 3 is 2.44 bits per heavy atom. The van der Waals surface area contributed by atoms with Crippen LogP contribution in [0.1, 0.15) is 31.0 Å². The van der Waals surface area contributed by atoms with Gasteiger partial charge in [0, 0.05) is 0 Å². The normalized spacial score (nSPS) is 15.2. The van der Waals surface area contributed by atoms with E-state index in [0.29, 0.717) is 24.7 Å². The van der Waals surface area contributed by atoms with Crippen molar-refractivity contribution in [2.45, 2.75) is 32.9 Å². The minimum absolute atomic E-state index is 0.160. The molecule has 0 bridgehead atoms. The summed E-state index contributed by atoms with van der Waals surface area (Å²) in [6.07, 6.45) is -0.581. The van der Waals surface area contributed by atoms with E-state index in [0.717, 1.165) is 16.9 Å². The molecule has 0 saturated carbocycles. The summed E-state index contributed by atoms with van der Waals surface area (Å²) < 4.78 is 16.8. The molecular weight excluding hydrogens is 318 g/mol. The molecule has 0 aliphatic carbocycles. The molecule has 0 aromatic heterocycles. The zero-order valence-electron chi connectivity index (χ0n) is 14.7. The van der Waals surface area contributed by atoms with E-state index in [1.54, 1.807) is 6.92 Å². The lowest BCUT2D eigenvalue weighted by Crippen LogP contribution is -2.37. The topological polar surface area (TPSA) is 56.8 Å². The van der Waals surface area contributed by atoms with Crippen LogP contribution in [0, 0.1) is 6.92 Å². The molecule has 2 aromatic rings. The first kappa shape index (κ1) is 17.1. The van der Waals surface area contributed by atoms with Gasteiger partial charge in [0.25, 0.3) is 5.91 Å². The number of aryl methyl sites for hydroxylation is 1. The lowest BCUT2D eigenvalue weighted by Gasteiger charge is -2.22. The third kappa shape index (κ3) is 4.24. The minimum Gasteiger partial charge on any atom is -0.486 e. The fourth-order valence-corrected chi connectivity index (χ4v) is 2.62. The van der Waals surface area contributed by atoms with Crippen LogP contribution in [-0.2, 0) is 4.79 Å². The van der Waals surface area contributed by atoms with Crippen LogP contribution in [0.5, 0.6) is 17.2 Å². The van der Waals surface area contributed by atoms with Crippen molar-refractivity contribution >= 4 is 5.91 Å². The van der Waals surface area contributed by atoms with E-state index in [1.807, 2.05) is 56.3 Å². The molecule has 2 aromatic carbocycles. The molecule has 0 saturated heterocycles. The molecule has 132 valence electrons. The second kappa shape index (κ2) is 7.47. The molecule has 1 aliphatic heterocycles. The van der Waals surface area contributed by atoms with Crippen LogP contribution in [0.4, 0.5) is 0 Å². The van der Waals surface area contributed by atoms with Crippen molar-refractivity contribution in [1.82, 2.24) is 5.32 Å². The smallest absolute Gasteiger partial charge is 0.261 e. The maximum Gasteiger partial charge on any atom is 0.261 e. The van der Waals surface area contributed by atoms with Gasteiger partial charge >= 0.3 is 0 Å². The highest BCUT2D eigenvalue weighted by Crippen LogP contribution is 2.32. The Balaban J connectivity index is 1.60. The number of nitrogens with one attached hydrogen (secondary N) is 1. The monoisotopic (exact) mass is 341 g/mol. The number of hydrogen-bond donors (Lipinski definition) is 1. The summed E-state index contributed by atoms with van der Waals surface area (Å²) in [6, 6.07) is 13.2. The first-order valence-electron chi connectivity index (χ1n) is 8.46. The van der Waals surface area contributed by atoms with Gasteiger partial charge in [0.15, 0.2) is 17.6 Å². The molecule has 2 atom stereocenters. The molecule has 1 aliphatic rings. The van der Waals surface area contributed by atoms with Crippen molar-refractivity contribution in [2.24, 2.45) is 0 Å². The van der Waals surface area contributed by atoms with E-state index < -0.39 is 6.10 Å². The van der Waals surface area contributed by atoms with Gasteiger partial charge < -0.3 is 19.5 Å². The highest BCUT2D eigenvalue weighted by Gasteiger charge is 2.19. The average molecular weight is 341 g/mol. The van der Waals surface area contributed by atoms with E-state index >= 15 is 0 Å². The van der Waals surface area contributed by atoms with Gasteiger partial charge in [-0.3, -0.25) is 4.79 Å². The summed E-state index contributed by atoms with van der Waals surface area (Å²) in [6.45, 7) is 6.79. The molecule has 1 heterocycles. The Hall–Kier alpha value is -2.69. The van der Waals surface area contributed by atoms with E-state index in [2.05, 4.69) is 5.32 Å². The van der Waals surface area contributed by atoms with Gasteiger partial charge in [-0.2, -0.15) is 0 Å². The lowest BCUT2D eigenvalue weighted by atomic mass is 10.1. The predicted octanol–water partition coefficient (Wildman–Crippen LogP) is 3.41. The van der Waals surface area contributed by atoms with Crippen LogP contribution < -0.4 is 19.5 Å². The number of rotatable bonds is 5. The quantitative estimate of drug-likeness (QED) is 0.905. The fraction of sp³-hybridized carbons (Fsp3) is 0.350. The van der Waals surface area contributed by atoms with Crippen molar-refractivity contribution in [3.63, 3.8) is 0 Å². The molecule has 1 N–H and O–H groups in total. The van der Waals surface area contributed by atoms with Crippen LogP contribution >= 0.6 is 0 Å². The third-order valence-electron chi connectivity index (χ3n) is 4.13. The molecule has 25 heavy (non-hydrogen) atoms. The zero-order chi connectivity index (χ0) is 17.8. The number of benzene rings is 2. The number of carbonyl (C=O) groups is 1. The highest BCUT2D eigenvalue weighted by molar-refractivity contribution is 5.81. The fourth-order valence-electron chi connectivity index (χ4n) is 2.62. The van der Waals surface area contributed by atoms with E-state index in [-0.39, 0.29) is 11.9 Å². The summed E-state index contributed by atoms with van der Waals surface area (Å²) in [5, 5.41) is 2.97. The Morgan fingerprint density at radius 2 is 1.72 bits per heavy atom. The molecule has 5 heteroatoms. The van der Waals surface area contributed by atoms with Gasteiger partial charge in [-0.15, -0.1) is 0 Å². The SMILES string of the molecule is Cc1ccc(O[C@@H](C)C(=O)N[C@H](C)c2ccc3c(c2)OCCO3)cc1. The summed E-state index contributed by atoms with van der Waals surface area (Å²) in [4.78, 5) is 12.4. The largest absolute Gasteiger partial charge is 0.486 e. The number of hydrogen-bond acceptors (Lipinski definition) is 4. The predicted molar refractivity (Wildman–Crippen MR) is 95.3 cm³/mol. The first-order chi connectivity index (χ1) is 12.0. The maximum atomic E-state index is 12.4. The number of amides is 1. The van der Waals surface area contributed by atoms with Gasteiger partial charge in [0.1, 0.15) is 19.0 Å². The maximum absolute atomic E-state index is 12.4. The molecule has 0 spiro atoms. The van der Waals surface area contributed by atoms with Gasteiger partial charge in [0.2, 0.25) is 0 Å². The minimum atomic E-state index is -0.581. The Bertz CT molecular complexity index is 742. The molecule has 1 amide bonds. The van der Waals surface area contributed by atoms with Gasteiger partial charge in [-0.25, -0.2) is 0 Å². The summed E-state index contributed by atoms with van der Waals surface area (Å²) in [5.41, 5.74) is 2.11. The Kier molecular flexibility index (Phi) is 5.12. The van der Waals surface area contributed by atoms with E-state index in [9.17, 15) is 4.79 Å². The average Bonchev–Trinajstić information content (AvgIpc) is 2.63. The van der Waals surface area contributed by atoms with Crippen molar-refractivity contribution in [1.29, 1.82) is 0 Å². The van der Waals surface area contributed by atoms with E-state index in [4.69, 9.17) is 14.2 Å².